The van der Waals surface area contributed by atoms with Crippen LogP contribution in [0, 0.1) is 25.5 Å². The molecule has 28 heavy (non-hydrogen) atoms. The van der Waals surface area contributed by atoms with Crippen LogP contribution in [0.25, 0.3) is 5.82 Å². The number of nitrogens with one attached hydrogen (secondary N) is 3. The molecule has 0 bridgehead atoms. The van der Waals surface area contributed by atoms with Gasteiger partial charge in [-0.3, -0.25) is 0 Å². The molecule has 0 atom stereocenters. The Bertz CT molecular complexity index is 970. The number of aromatic nitrogens is 4. The summed E-state index contributed by atoms with van der Waals surface area (Å²) >= 11 is 0. The molecule has 3 rings (SSSR count). The second-order valence-corrected chi connectivity index (χ2v) is 6.07. The van der Waals surface area contributed by atoms with Crippen molar-refractivity contribution in [1.82, 2.24) is 25.1 Å². The van der Waals surface area contributed by atoms with E-state index in [1.54, 1.807) is 10.7 Å². The zero-order chi connectivity index (χ0) is 20.1. The Kier molecular flexibility index (Phi) is 5.78. The summed E-state index contributed by atoms with van der Waals surface area (Å²) in [7, 11) is 0. The lowest BCUT2D eigenvalue weighted by atomic mass is 10.3. The van der Waals surface area contributed by atoms with Crippen LogP contribution in [-0.4, -0.2) is 38.9 Å². The van der Waals surface area contributed by atoms with E-state index in [4.69, 9.17) is 0 Å². The van der Waals surface area contributed by atoms with Crippen LogP contribution in [0.3, 0.4) is 0 Å². The standard InChI is InChI=1S/C18H19F2N7O/c1-11-5-12(2)27(26-11)17-9-16(23-10-24-17)21-3-4-22-18(28)25-15-7-13(19)6-14(20)8-15/h5-10H,3-4H2,1-2H3,(H,21,23,24)(H2,22,25,28). The highest BCUT2D eigenvalue weighted by molar-refractivity contribution is 5.89. The van der Waals surface area contributed by atoms with Crippen molar-refractivity contribution in [3.05, 3.63) is 59.7 Å². The van der Waals surface area contributed by atoms with Crippen molar-refractivity contribution in [1.29, 1.82) is 0 Å². The Morgan fingerprint density at radius 1 is 1.04 bits per heavy atom. The maximum atomic E-state index is 13.1. The number of carbonyl (C=O) groups is 1. The summed E-state index contributed by atoms with van der Waals surface area (Å²) in [6.07, 6.45) is 1.42. The average Bonchev–Trinajstić information content (AvgIpc) is 2.96. The second kappa shape index (κ2) is 8.42. The van der Waals surface area contributed by atoms with Crippen LogP contribution in [-0.2, 0) is 0 Å². The molecule has 3 aromatic rings. The minimum Gasteiger partial charge on any atom is -0.368 e. The van der Waals surface area contributed by atoms with Crippen LogP contribution in [0.2, 0.25) is 0 Å². The third-order valence-electron chi connectivity index (χ3n) is 3.72. The highest BCUT2D eigenvalue weighted by Gasteiger charge is 2.07. The Hall–Kier alpha value is -3.56. The van der Waals surface area contributed by atoms with Gasteiger partial charge in [0, 0.05) is 36.6 Å². The molecule has 1 aromatic carbocycles. The Morgan fingerprint density at radius 3 is 2.46 bits per heavy atom. The summed E-state index contributed by atoms with van der Waals surface area (Å²) in [4.78, 5) is 20.1. The smallest absolute Gasteiger partial charge is 0.319 e. The van der Waals surface area contributed by atoms with Crippen LogP contribution < -0.4 is 16.0 Å². The Balaban J connectivity index is 1.49. The zero-order valence-electron chi connectivity index (χ0n) is 15.3. The van der Waals surface area contributed by atoms with E-state index in [0.29, 0.717) is 18.2 Å². The molecule has 8 nitrogen and oxygen atoms in total. The lowest BCUT2D eigenvalue weighted by Crippen LogP contribution is -2.32. The first-order valence-electron chi connectivity index (χ1n) is 8.51. The maximum absolute atomic E-state index is 13.1. The van der Waals surface area contributed by atoms with Crippen molar-refractivity contribution >= 4 is 17.5 Å². The van der Waals surface area contributed by atoms with Gasteiger partial charge in [0.2, 0.25) is 0 Å². The van der Waals surface area contributed by atoms with Crippen molar-refractivity contribution in [2.75, 3.05) is 23.7 Å². The van der Waals surface area contributed by atoms with E-state index in [9.17, 15) is 13.6 Å². The van der Waals surface area contributed by atoms with Crippen molar-refractivity contribution in [2.45, 2.75) is 13.8 Å². The molecule has 0 fully saturated rings. The molecule has 0 saturated carbocycles. The molecular formula is C18H19F2N7O. The van der Waals surface area contributed by atoms with E-state index in [0.717, 1.165) is 29.6 Å². The fraction of sp³-hybridized carbons (Fsp3) is 0.222. The average molecular weight is 387 g/mol. The highest BCUT2D eigenvalue weighted by atomic mass is 19.1. The molecule has 0 spiro atoms. The molecule has 0 saturated heterocycles. The van der Waals surface area contributed by atoms with Crippen molar-refractivity contribution in [3.63, 3.8) is 0 Å². The minimum absolute atomic E-state index is 0.0355. The largest absolute Gasteiger partial charge is 0.368 e. The van der Waals surface area contributed by atoms with E-state index >= 15 is 0 Å². The van der Waals surface area contributed by atoms with E-state index in [1.807, 2.05) is 19.9 Å². The first-order valence-corrected chi connectivity index (χ1v) is 8.51. The van der Waals surface area contributed by atoms with Gasteiger partial charge >= 0.3 is 6.03 Å². The second-order valence-electron chi connectivity index (χ2n) is 6.07. The van der Waals surface area contributed by atoms with Gasteiger partial charge in [0.15, 0.2) is 5.82 Å². The molecular weight excluding hydrogens is 368 g/mol. The number of hydrogen-bond acceptors (Lipinski definition) is 5. The van der Waals surface area contributed by atoms with E-state index in [2.05, 4.69) is 31.0 Å². The van der Waals surface area contributed by atoms with Gasteiger partial charge in [-0.05, 0) is 32.0 Å². The van der Waals surface area contributed by atoms with E-state index in [1.165, 1.54) is 6.33 Å². The topological polar surface area (TPSA) is 96.8 Å². The number of rotatable bonds is 6. The molecule has 0 unspecified atom stereocenters. The zero-order valence-corrected chi connectivity index (χ0v) is 15.3. The fourth-order valence-electron chi connectivity index (χ4n) is 2.59. The molecule has 3 N–H and O–H groups in total. The predicted molar refractivity (Wildman–Crippen MR) is 100 cm³/mol. The summed E-state index contributed by atoms with van der Waals surface area (Å²) in [6.45, 7) is 4.49. The molecule has 2 amide bonds. The minimum atomic E-state index is -0.765. The first-order chi connectivity index (χ1) is 13.4. The summed E-state index contributed by atoms with van der Waals surface area (Å²) in [5, 5.41) is 12.4. The quantitative estimate of drug-likeness (QED) is 0.565. The van der Waals surface area contributed by atoms with E-state index in [-0.39, 0.29) is 12.2 Å². The van der Waals surface area contributed by atoms with Crippen molar-refractivity contribution in [3.8, 4) is 5.82 Å². The van der Waals surface area contributed by atoms with Crippen LogP contribution in [0.4, 0.5) is 25.1 Å². The van der Waals surface area contributed by atoms with Gasteiger partial charge in [-0.2, -0.15) is 5.10 Å². The SMILES string of the molecule is Cc1cc(C)n(-c2cc(NCCNC(=O)Nc3cc(F)cc(F)c3)ncn2)n1. The van der Waals surface area contributed by atoms with Gasteiger partial charge in [-0.25, -0.2) is 28.2 Å². The number of aryl methyl sites for hydroxylation is 2. The molecule has 0 aliphatic heterocycles. The molecule has 2 aromatic heterocycles. The van der Waals surface area contributed by atoms with Crippen molar-refractivity contribution in [2.24, 2.45) is 0 Å². The predicted octanol–water partition coefficient (Wildman–Crippen LogP) is 2.79. The molecule has 0 aliphatic rings. The summed E-state index contributed by atoms with van der Waals surface area (Å²) in [6, 6.07) is 5.91. The van der Waals surface area contributed by atoms with Crippen LogP contribution in [0.15, 0.2) is 36.7 Å². The van der Waals surface area contributed by atoms with Crippen LogP contribution in [0.1, 0.15) is 11.4 Å². The number of anilines is 2. The monoisotopic (exact) mass is 387 g/mol. The normalized spacial score (nSPS) is 10.6. The third kappa shape index (κ3) is 5.00. The summed E-state index contributed by atoms with van der Waals surface area (Å²) < 4.78 is 27.9. The number of amides is 2. The number of halogens is 2. The number of carbonyl (C=O) groups excluding carboxylic acids is 1. The molecule has 0 radical (unpaired) electrons. The number of urea groups is 1. The van der Waals surface area contributed by atoms with Crippen LogP contribution >= 0.6 is 0 Å². The highest BCUT2D eigenvalue weighted by Crippen LogP contribution is 2.13. The molecule has 10 heteroatoms. The lowest BCUT2D eigenvalue weighted by Gasteiger charge is -2.10. The number of hydrogen-bond donors (Lipinski definition) is 3. The number of nitrogens with zero attached hydrogens (tertiary/aromatic N) is 4. The Labute approximate surface area is 160 Å². The Morgan fingerprint density at radius 2 is 1.79 bits per heavy atom. The van der Waals surface area contributed by atoms with Gasteiger partial charge in [0.1, 0.15) is 23.8 Å². The summed E-state index contributed by atoms with van der Waals surface area (Å²) in [5.74, 6) is -0.327. The van der Waals surface area contributed by atoms with Gasteiger partial charge < -0.3 is 16.0 Å². The van der Waals surface area contributed by atoms with E-state index < -0.39 is 17.7 Å². The third-order valence-corrected chi connectivity index (χ3v) is 3.72. The van der Waals surface area contributed by atoms with Gasteiger partial charge in [0.05, 0.1) is 5.69 Å². The van der Waals surface area contributed by atoms with Gasteiger partial charge in [0.25, 0.3) is 0 Å². The maximum Gasteiger partial charge on any atom is 0.319 e. The van der Waals surface area contributed by atoms with Gasteiger partial charge in [-0.1, -0.05) is 0 Å². The lowest BCUT2D eigenvalue weighted by molar-refractivity contribution is 0.252. The fourth-order valence-corrected chi connectivity index (χ4v) is 2.59. The van der Waals surface area contributed by atoms with Gasteiger partial charge in [-0.15, -0.1) is 0 Å². The molecule has 0 aliphatic carbocycles. The van der Waals surface area contributed by atoms with Crippen molar-refractivity contribution < 1.29 is 13.6 Å². The molecule has 146 valence electrons. The molecule has 2 heterocycles. The van der Waals surface area contributed by atoms with Crippen LogP contribution in [0.5, 0.6) is 0 Å². The first kappa shape index (κ1) is 19.2. The number of benzene rings is 1. The summed E-state index contributed by atoms with van der Waals surface area (Å²) in [5.41, 5.74) is 1.88.